The van der Waals surface area contributed by atoms with E-state index in [1.807, 2.05) is 41.8 Å². The molecule has 0 radical (unpaired) electrons. The Bertz CT molecular complexity index is 655. The maximum absolute atomic E-state index is 12.0. The summed E-state index contributed by atoms with van der Waals surface area (Å²) in [5.74, 6) is 0.105. The Kier molecular flexibility index (Phi) is 2.49. The third-order valence-corrected chi connectivity index (χ3v) is 3.55. The number of nitrogens with zero attached hydrogens (tertiary/aromatic N) is 2. The zero-order valence-electron chi connectivity index (χ0n) is 9.04. The van der Waals surface area contributed by atoms with Gasteiger partial charge in [-0.3, -0.25) is 9.48 Å². The van der Waals surface area contributed by atoms with E-state index in [1.165, 1.54) is 11.3 Å². The van der Waals surface area contributed by atoms with Crippen molar-refractivity contribution in [3.8, 4) is 0 Å². The molecule has 0 fully saturated rings. The van der Waals surface area contributed by atoms with Crippen LogP contribution in [0.1, 0.15) is 9.67 Å². The van der Waals surface area contributed by atoms with Gasteiger partial charge in [-0.1, -0.05) is 24.3 Å². The number of thiophene rings is 1. The molecule has 2 aromatic heterocycles. The van der Waals surface area contributed by atoms with Crippen LogP contribution in [0.15, 0.2) is 48.0 Å². The fraction of sp³-hybridized carbons (Fsp3) is 0.0769. The molecule has 0 N–H and O–H groups in total. The van der Waals surface area contributed by atoms with Crippen molar-refractivity contribution in [2.45, 2.75) is 6.54 Å². The third kappa shape index (κ3) is 1.87. The van der Waals surface area contributed by atoms with Crippen LogP contribution in [-0.2, 0) is 6.54 Å². The van der Waals surface area contributed by atoms with Crippen molar-refractivity contribution in [1.82, 2.24) is 9.78 Å². The summed E-state index contributed by atoms with van der Waals surface area (Å²) in [5, 5.41) is 7.22. The summed E-state index contributed by atoms with van der Waals surface area (Å²) < 4.78 is 1.75. The molecule has 0 unspecified atom stereocenters. The smallest absolute Gasteiger partial charge is 0.194 e. The fourth-order valence-electron chi connectivity index (χ4n) is 1.80. The largest absolute Gasteiger partial charge is 0.291 e. The van der Waals surface area contributed by atoms with Crippen molar-refractivity contribution in [3.05, 3.63) is 52.9 Å². The van der Waals surface area contributed by atoms with Gasteiger partial charge in [-0.05, 0) is 17.5 Å². The van der Waals surface area contributed by atoms with Gasteiger partial charge in [0.25, 0.3) is 0 Å². The second kappa shape index (κ2) is 4.14. The topological polar surface area (TPSA) is 34.9 Å². The van der Waals surface area contributed by atoms with Crippen LogP contribution >= 0.6 is 11.3 Å². The zero-order chi connectivity index (χ0) is 11.7. The average molecular weight is 242 g/mol. The number of para-hydroxylation sites is 1. The molecule has 3 aromatic rings. The summed E-state index contributed by atoms with van der Waals surface area (Å²) in [4.78, 5) is 12.7. The molecule has 0 aliphatic carbocycles. The Hall–Kier alpha value is -1.94. The Morgan fingerprint density at radius 1 is 1.24 bits per heavy atom. The van der Waals surface area contributed by atoms with E-state index in [0.29, 0.717) is 6.54 Å². The minimum absolute atomic E-state index is 0.105. The van der Waals surface area contributed by atoms with Gasteiger partial charge in [0, 0.05) is 5.39 Å². The van der Waals surface area contributed by atoms with Gasteiger partial charge in [0.2, 0.25) is 0 Å². The highest BCUT2D eigenvalue weighted by Crippen LogP contribution is 2.15. The van der Waals surface area contributed by atoms with Crippen LogP contribution in [0, 0.1) is 0 Å². The number of rotatable bonds is 3. The van der Waals surface area contributed by atoms with Crippen LogP contribution in [0.4, 0.5) is 0 Å². The molecule has 0 bridgehead atoms. The maximum Gasteiger partial charge on any atom is 0.194 e. The van der Waals surface area contributed by atoms with E-state index < -0.39 is 0 Å². The van der Waals surface area contributed by atoms with Gasteiger partial charge in [0.05, 0.1) is 16.6 Å². The first-order valence-electron chi connectivity index (χ1n) is 5.32. The highest BCUT2D eigenvalue weighted by molar-refractivity contribution is 7.12. The van der Waals surface area contributed by atoms with E-state index in [0.717, 1.165) is 15.8 Å². The highest BCUT2D eigenvalue weighted by Gasteiger charge is 2.10. The minimum atomic E-state index is 0.105. The van der Waals surface area contributed by atoms with Crippen molar-refractivity contribution >= 4 is 28.0 Å². The molecule has 0 aliphatic heterocycles. The number of fused-ring (bicyclic) bond motifs is 1. The Morgan fingerprint density at radius 2 is 2.12 bits per heavy atom. The van der Waals surface area contributed by atoms with Gasteiger partial charge in [0.15, 0.2) is 5.78 Å². The Morgan fingerprint density at radius 3 is 2.94 bits per heavy atom. The summed E-state index contributed by atoms with van der Waals surface area (Å²) in [7, 11) is 0. The van der Waals surface area contributed by atoms with E-state index in [-0.39, 0.29) is 5.78 Å². The van der Waals surface area contributed by atoms with E-state index in [9.17, 15) is 4.79 Å². The summed E-state index contributed by atoms with van der Waals surface area (Å²) in [6, 6.07) is 11.6. The van der Waals surface area contributed by atoms with Gasteiger partial charge >= 0.3 is 0 Å². The maximum atomic E-state index is 12.0. The number of carbonyl (C=O) groups excluding carboxylic acids is 1. The normalized spacial score (nSPS) is 10.8. The summed E-state index contributed by atoms with van der Waals surface area (Å²) in [6.45, 7) is 0.300. The molecule has 0 spiro atoms. The highest BCUT2D eigenvalue weighted by atomic mass is 32.1. The van der Waals surface area contributed by atoms with E-state index >= 15 is 0 Å². The van der Waals surface area contributed by atoms with E-state index in [1.54, 1.807) is 10.9 Å². The molecule has 4 heteroatoms. The van der Waals surface area contributed by atoms with Crippen molar-refractivity contribution in [3.63, 3.8) is 0 Å². The second-order valence-corrected chi connectivity index (χ2v) is 4.71. The zero-order valence-corrected chi connectivity index (χ0v) is 9.85. The summed E-state index contributed by atoms with van der Waals surface area (Å²) >= 11 is 1.47. The van der Waals surface area contributed by atoms with Crippen LogP contribution in [0.3, 0.4) is 0 Å². The first kappa shape index (κ1) is 10.2. The number of hydrogen-bond donors (Lipinski definition) is 0. The molecule has 3 nitrogen and oxygen atoms in total. The quantitative estimate of drug-likeness (QED) is 0.662. The van der Waals surface area contributed by atoms with E-state index in [4.69, 9.17) is 0 Å². The number of hydrogen-bond acceptors (Lipinski definition) is 3. The molecule has 0 aliphatic rings. The average Bonchev–Trinajstić information content (AvgIpc) is 2.98. The molecule has 0 amide bonds. The van der Waals surface area contributed by atoms with Crippen LogP contribution in [0.2, 0.25) is 0 Å². The Balaban J connectivity index is 1.93. The molecule has 1 aromatic carbocycles. The summed E-state index contributed by atoms with van der Waals surface area (Å²) in [6.07, 6.45) is 1.79. The van der Waals surface area contributed by atoms with Crippen LogP contribution in [-0.4, -0.2) is 15.6 Å². The molecule has 84 valence electrons. The van der Waals surface area contributed by atoms with Crippen molar-refractivity contribution < 1.29 is 4.79 Å². The van der Waals surface area contributed by atoms with Crippen molar-refractivity contribution in [1.29, 1.82) is 0 Å². The lowest BCUT2D eigenvalue weighted by molar-refractivity contribution is 0.0973. The van der Waals surface area contributed by atoms with E-state index in [2.05, 4.69) is 5.10 Å². The molecular weight excluding hydrogens is 232 g/mol. The lowest BCUT2D eigenvalue weighted by Gasteiger charge is -2.01. The molecule has 0 atom stereocenters. The van der Waals surface area contributed by atoms with Gasteiger partial charge in [0.1, 0.15) is 6.54 Å². The molecule has 17 heavy (non-hydrogen) atoms. The van der Waals surface area contributed by atoms with Gasteiger partial charge in [-0.2, -0.15) is 5.10 Å². The molecular formula is C13H10N2OS. The fourth-order valence-corrected chi connectivity index (χ4v) is 2.46. The molecule has 0 saturated carbocycles. The number of ketones is 1. The summed E-state index contributed by atoms with van der Waals surface area (Å²) in [5.41, 5.74) is 0.998. The van der Waals surface area contributed by atoms with Gasteiger partial charge < -0.3 is 0 Å². The van der Waals surface area contributed by atoms with Crippen LogP contribution in [0.25, 0.3) is 10.9 Å². The first-order valence-corrected chi connectivity index (χ1v) is 6.20. The molecule has 3 rings (SSSR count). The lowest BCUT2D eigenvalue weighted by Crippen LogP contribution is -2.10. The lowest BCUT2D eigenvalue weighted by atomic mass is 10.2. The van der Waals surface area contributed by atoms with Crippen LogP contribution < -0.4 is 0 Å². The van der Waals surface area contributed by atoms with Gasteiger partial charge in [-0.25, -0.2) is 0 Å². The molecule has 0 saturated heterocycles. The predicted octanol–water partition coefficient (Wildman–Crippen LogP) is 2.98. The number of Topliss-reactive ketones (excluding diaryl/α,β-unsaturated/α-hetero) is 1. The monoisotopic (exact) mass is 242 g/mol. The SMILES string of the molecule is O=C(Cn1ncc2ccccc21)c1cccs1. The molecule has 2 heterocycles. The second-order valence-electron chi connectivity index (χ2n) is 3.76. The van der Waals surface area contributed by atoms with Crippen molar-refractivity contribution in [2.24, 2.45) is 0 Å². The van der Waals surface area contributed by atoms with Crippen molar-refractivity contribution in [2.75, 3.05) is 0 Å². The number of carbonyl (C=O) groups is 1. The number of aromatic nitrogens is 2. The first-order chi connectivity index (χ1) is 8.34. The third-order valence-electron chi connectivity index (χ3n) is 2.64. The predicted molar refractivity (Wildman–Crippen MR) is 68.4 cm³/mol. The standard InChI is InChI=1S/C13H10N2OS/c16-12(13-6-3-7-17-13)9-15-11-5-2-1-4-10(11)8-14-15/h1-8H,9H2. The van der Waals surface area contributed by atoms with Gasteiger partial charge in [-0.15, -0.1) is 11.3 Å². The minimum Gasteiger partial charge on any atom is -0.291 e. The van der Waals surface area contributed by atoms with Crippen LogP contribution in [0.5, 0.6) is 0 Å². The Labute approximate surface area is 102 Å². The number of benzene rings is 1.